The molecule has 0 aliphatic carbocycles. The first-order chi connectivity index (χ1) is 8.04. The highest BCUT2D eigenvalue weighted by Crippen LogP contribution is 2.18. The SMILES string of the molecule is COCC(C)C(Nc1cccc(Cl)c1)C(=O)O. The van der Waals surface area contributed by atoms with Crippen molar-refractivity contribution in [2.24, 2.45) is 5.92 Å². The van der Waals surface area contributed by atoms with Crippen molar-refractivity contribution in [2.45, 2.75) is 13.0 Å². The van der Waals surface area contributed by atoms with Gasteiger partial charge in [-0.3, -0.25) is 0 Å². The highest BCUT2D eigenvalue weighted by molar-refractivity contribution is 6.30. The van der Waals surface area contributed by atoms with E-state index in [1.54, 1.807) is 31.4 Å². The molecule has 94 valence electrons. The average Bonchev–Trinajstić information content (AvgIpc) is 2.26. The molecule has 1 aromatic rings. The Morgan fingerprint density at radius 3 is 2.82 bits per heavy atom. The van der Waals surface area contributed by atoms with Crippen LogP contribution in [0.4, 0.5) is 5.69 Å². The lowest BCUT2D eigenvalue weighted by Crippen LogP contribution is -2.37. The number of hydrogen-bond donors (Lipinski definition) is 2. The summed E-state index contributed by atoms with van der Waals surface area (Å²) in [6, 6.07) is 6.28. The first kappa shape index (κ1) is 13.8. The number of ether oxygens (including phenoxy) is 1. The van der Waals surface area contributed by atoms with E-state index in [-0.39, 0.29) is 5.92 Å². The minimum absolute atomic E-state index is 0.142. The number of benzene rings is 1. The van der Waals surface area contributed by atoms with Crippen LogP contribution in [0.3, 0.4) is 0 Å². The minimum Gasteiger partial charge on any atom is -0.480 e. The molecule has 0 saturated carbocycles. The first-order valence-corrected chi connectivity index (χ1v) is 5.66. The number of aliphatic carboxylic acids is 1. The van der Waals surface area contributed by atoms with Crippen molar-refractivity contribution in [3.63, 3.8) is 0 Å². The number of carboxylic acid groups (broad SMARTS) is 1. The largest absolute Gasteiger partial charge is 0.480 e. The average molecular weight is 258 g/mol. The van der Waals surface area contributed by atoms with Gasteiger partial charge in [-0.2, -0.15) is 0 Å². The summed E-state index contributed by atoms with van der Waals surface area (Å²) in [6.07, 6.45) is 0. The van der Waals surface area contributed by atoms with E-state index >= 15 is 0 Å². The smallest absolute Gasteiger partial charge is 0.326 e. The van der Waals surface area contributed by atoms with Gasteiger partial charge in [-0.15, -0.1) is 0 Å². The van der Waals surface area contributed by atoms with E-state index in [1.807, 2.05) is 6.92 Å². The summed E-state index contributed by atoms with van der Waals surface area (Å²) in [5, 5.41) is 12.7. The zero-order valence-corrected chi connectivity index (χ0v) is 10.6. The monoisotopic (exact) mass is 257 g/mol. The Hall–Kier alpha value is -1.26. The second-order valence-corrected chi connectivity index (χ2v) is 4.34. The fourth-order valence-electron chi connectivity index (χ4n) is 1.56. The van der Waals surface area contributed by atoms with E-state index in [1.165, 1.54) is 0 Å². The molecule has 2 unspecified atom stereocenters. The van der Waals surface area contributed by atoms with Crippen molar-refractivity contribution in [1.29, 1.82) is 0 Å². The predicted octanol–water partition coefficient (Wildman–Crippen LogP) is 2.49. The second-order valence-electron chi connectivity index (χ2n) is 3.90. The van der Waals surface area contributed by atoms with Crippen LogP contribution in [0.15, 0.2) is 24.3 Å². The van der Waals surface area contributed by atoms with Gasteiger partial charge in [0.1, 0.15) is 6.04 Å². The van der Waals surface area contributed by atoms with Crippen LogP contribution in [0.1, 0.15) is 6.92 Å². The van der Waals surface area contributed by atoms with E-state index < -0.39 is 12.0 Å². The lowest BCUT2D eigenvalue weighted by molar-refractivity contribution is -0.139. The topological polar surface area (TPSA) is 58.6 Å². The zero-order valence-electron chi connectivity index (χ0n) is 9.81. The van der Waals surface area contributed by atoms with Gasteiger partial charge >= 0.3 is 5.97 Å². The van der Waals surface area contributed by atoms with Gasteiger partial charge in [-0.25, -0.2) is 4.79 Å². The number of carbonyl (C=O) groups is 1. The van der Waals surface area contributed by atoms with Gasteiger partial charge in [-0.05, 0) is 18.2 Å². The maximum absolute atomic E-state index is 11.2. The van der Waals surface area contributed by atoms with Gasteiger partial charge < -0.3 is 15.2 Å². The Labute approximate surface area is 106 Å². The van der Waals surface area contributed by atoms with Gasteiger partial charge in [0.2, 0.25) is 0 Å². The van der Waals surface area contributed by atoms with Crippen molar-refractivity contribution in [1.82, 2.24) is 0 Å². The molecule has 0 aliphatic rings. The number of rotatable bonds is 6. The summed E-state index contributed by atoms with van der Waals surface area (Å²) in [7, 11) is 1.55. The normalized spacial score (nSPS) is 14.1. The zero-order chi connectivity index (χ0) is 12.8. The van der Waals surface area contributed by atoms with Gasteiger partial charge in [-0.1, -0.05) is 24.6 Å². The molecule has 0 fully saturated rings. The van der Waals surface area contributed by atoms with Crippen molar-refractivity contribution < 1.29 is 14.6 Å². The number of hydrogen-bond acceptors (Lipinski definition) is 3. The molecular formula is C12H16ClNO3. The summed E-state index contributed by atoms with van der Waals surface area (Å²) in [4.78, 5) is 11.2. The number of anilines is 1. The third-order valence-corrected chi connectivity index (χ3v) is 2.65. The maximum atomic E-state index is 11.2. The molecule has 2 atom stereocenters. The number of halogens is 1. The van der Waals surface area contributed by atoms with E-state index in [9.17, 15) is 4.79 Å². The Morgan fingerprint density at radius 2 is 2.29 bits per heavy atom. The van der Waals surface area contributed by atoms with Crippen LogP contribution in [0.25, 0.3) is 0 Å². The fourth-order valence-corrected chi connectivity index (χ4v) is 1.75. The molecule has 0 spiro atoms. The second kappa shape index (κ2) is 6.47. The molecule has 0 amide bonds. The highest BCUT2D eigenvalue weighted by atomic mass is 35.5. The van der Waals surface area contributed by atoms with Crippen LogP contribution >= 0.6 is 11.6 Å². The van der Waals surface area contributed by atoms with Crippen molar-refractivity contribution in [2.75, 3.05) is 19.0 Å². The molecule has 2 N–H and O–H groups in total. The standard InChI is InChI=1S/C12H16ClNO3/c1-8(7-17-2)11(12(15)16)14-10-5-3-4-9(13)6-10/h3-6,8,11,14H,7H2,1-2H3,(H,15,16). The van der Waals surface area contributed by atoms with Gasteiger partial charge in [0.25, 0.3) is 0 Å². The Kier molecular flexibility index (Phi) is 5.25. The fraction of sp³-hybridized carbons (Fsp3) is 0.417. The van der Waals surface area contributed by atoms with Crippen LogP contribution < -0.4 is 5.32 Å². The number of nitrogens with one attached hydrogen (secondary N) is 1. The summed E-state index contributed by atoms with van der Waals surface area (Å²) < 4.78 is 4.97. The summed E-state index contributed by atoms with van der Waals surface area (Å²) >= 11 is 5.84. The van der Waals surface area contributed by atoms with E-state index in [4.69, 9.17) is 21.4 Å². The quantitative estimate of drug-likeness (QED) is 0.822. The molecule has 0 radical (unpaired) electrons. The lowest BCUT2D eigenvalue weighted by Gasteiger charge is -2.21. The van der Waals surface area contributed by atoms with E-state index in [2.05, 4.69) is 5.32 Å². The molecule has 5 heteroatoms. The van der Waals surface area contributed by atoms with Crippen molar-refractivity contribution in [3.8, 4) is 0 Å². The molecule has 0 heterocycles. The number of carboxylic acids is 1. The Balaban J connectivity index is 2.76. The predicted molar refractivity (Wildman–Crippen MR) is 67.5 cm³/mol. The summed E-state index contributed by atoms with van der Waals surface area (Å²) in [6.45, 7) is 2.20. The summed E-state index contributed by atoms with van der Waals surface area (Å²) in [5.41, 5.74) is 0.688. The van der Waals surface area contributed by atoms with Gasteiger partial charge in [0, 0.05) is 23.7 Å². The van der Waals surface area contributed by atoms with Gasteiger partial charge in [0.05, 0.1) is 6.61 Å². The van der Waals surface area contributed by atoms with Crippen LogP contribution in [-0.4, -0.2) is 30.8 Å². The van der Waals surface area contributed by atoms with E-state index in [0.29, 0.717) is 17.3 Å². The molecule has 0 saturated heterocycles. The lowest BCUT2D eigenvalue weighted by atomic mass is 10.0. The molecule has 0 bridgehead atoms. The summed E-state index contributed by atoms with van der Waals surface area (Å²) in [5.74, 6) is -1.05. The van der Waals surface area contributed by atoms with Gasteiger partial charge in [0.15, 0.2) is 0 Å². The van der Waals surface area contributed by atoms with Crippen molar-refractivity contribution in [3.05, 3.63) is 29.3 Å². The maximum Gasteiger partial charge on any atom is 0.326 e. The third-order valence-electron chi connectivity index (χ3n) is 2.41. The molecule has 4 nitrogen and oxygen atoms in total. The Morgan fingerprint density at radius 1 is 1.59 bits per heavy atom. The number of methoxy groups -OCH3 is 1. The Bertz CT molecular complexity index is 384. The molecule has 1 aromatic carbocycles. The molecule has 17 heavy (non-hydrogen) atoms. The molecular weight excluding hydrogens is 242 g/mol. The first-order valence-electron chi connectivity index (χ1n) is 5.28. The minimum atomic E-state index is -0.908. The van der Waals surface area contributed by atoms with Crippen LogP contribution in [0, 0.1) is 5.92 Å². The van der Waals surface area contributed by atoms with Crippen LogP contribution in [0.5, 0.6) is 0 Å². The molecule has 0 aliphatic heterocycles. The van der Waals surface area contributed by atoms with Crippen LogP contribution in [-0.2, 0) is 9.53 Å². The van der Waals surface area contributed by atoms with E-state index in [0.717, 1.165) is 0 Å². The molecule has 0 aromatic heterocycles. The van der Waals surface area contributed by atoms with Crippen LogP contribution in [0.2, 0.25) is 5.02 Å². The molecule has 1 rings (SSSR count). The highest BCUT2D eigenvalue weighted by Gasteiger charge is 2.24. The third kappa shape index (κ3) is 4.24. The van der Waals surface area contributed by atoms with Crippen molar-refractivity contribution >= 4 is 23.3 Å².